The molecule has 2 heterocycles. The first-order chi connectivity index (χ1) is 16.2. The number of benzene rings is 2. The fraction of sp³-hybridized carbons (Fsp3) is 0.217. The molecule has 2 aromatic carbocycles. The number of rotatable bonds is 5. The standard InChI is InChI=1S/C23H19F2N3O5S/c1-3-19-20-10-5-14(13-26)27(20)21-11-17(24)18(25)12-22(21)28(19)34(30,31)16-8-6-15(7-9-16)33-23(29)32-4-2/h5-12,19H,3-4H2,1-2H3. The van der Waals surface area contributed by atoms with Crippen molar-refractivity contribution in [3.63, 3.8) is 0 Å². The first-order valence-electron chi connectivity index (χ1n) is 10.3. The van der Waals surface area contributed by atoms with Crippen LogP contribution in [0.25, 0.3) is 5.69 Å². The lowest BCUT2D eigenvalue weighted by Crippen LogP contribution is -2.39. The van der Waals surface area contributed by atoms with Crippen LogP contribution in [0.1, 0.15) is 37.7 Å². The number of nitrogens with zero attached hydrogens (tertiary/aromatic N) is 3. The molecule has 0 aliphatic carbocycles. The number of fused-ring (bicyclic) bond motifs is 3. The fourth-order valence-electron chi connectivity index (χ4n) is 3.95. The largest absolute Gasteiger partial charge is 0.513 e. The number of sulfonamides is 1. The van der Waals surface area contributed by atoms with Gasteiger partial charge in [0.15, 0.2) is 11.6 Å². The van der Waals surface area contributed by atoms with Crippen LogP contribution in [0.15, 0.2) is 53.4 Å². The smallest absolute Gasteiger partial charge is 0.434 e. The van der Waals surface area contributed by atoms with Gasteiger partial charge < -0.3 is 14.0 Å². The van der Waals surface area contributed by atoms with E-state index in [1.165, 1.54) is 34.9 Å². The Morgan fingerprint density at radius 3 is 2.29 bits per heavy atom. The molecule has 0 N–H and O–H groups in total. The predicted molar refractivity (Wildman–Crippen MR) is 117 cm³/mol. The highest BCUT2D eigenvalue weighted by Gasteiger charge is 2.40. The van der Waals surface area contributed by atoms with E-state index in [9.17, 15) is 27.3 Å². The molecule has 4 rings (SSSR count). The number of hydrogen-bond acceptors (Lipinski definition) is 6. The number of halogens is 2. The molecule has 34 heavy (non-hydrogen) atoms. The maximum atomic E-state index is 14.3. The summed E-state index contributed by atoms with van der Waals surface area (Å²) in [5, 5.41) is 9.50. The third-order valence-corrected chi connectivity index (χ3v) is 7.21. The van der Waals surface area contributed by atoms with Gasteiger partial charge in [-0.1, -0.05) is 6.92 Å². The van der Waals surface area contributed by atoms with Crippen LogP contribution >= 0.6 is 0 Å². The summed E-state index contributed by atoms with van der Waals surface area (Å²) in [5.41, 5.74) is 0.547. The van der Waals surface area contributed by atoms with E-state index in [0.29, 0.717) is 5.69 Å². The van der Waals surface area contributed by atoms with E-state index in [1.807, 2.05) is 6.07 Å². The third kappa shape index (κ3) is 3.76. The first kappa shape index (κ1) is 23.3. The minimum Gasteiger partial charge on any atom is -0.434 e. The fourth-order valence-corrected chi connectivity index (χ4v) is 5.65. The Morgan fingerprint density at radius 2 is 1.71 bits per heavy atom. The van der Waals surface area contributed by atoms with Gasteiger partial charge in [0.2, 0.25) is 0 Å². The molecule has 1 aromatic heterocycles. The van der Waals surface area contributed by atoms with E-state index in [2.05, 4.69) is 0 Å². The number of anilines is 1. The summed E-state index contributed by atoms with van der Waals surface area (Å²) in [6.45, 7) is 3.48. The normalized spacial score (nSPS) is 14.7. The molecule has 1 aliphatic heterocycles. The summed E-state index contributed by atoms with van der Waals surface area (Å²) < 4.78 is 68.1. The van der Waals surface area contributed by atoms with Crippen LogP contribution in [-0.2, 0) is 14.8 Å². The summed E-state index contributed by atoms with van der Waals surface area (Å²) in [6, 6.07) is 11.0. The van der Waals surface area contributed by atoms with Gasteiger partial charge in [0, 0.05) is 17.8 Å². The second kappa shape index (κ2) is 8.79. The lowest BCUT2D eigenvalue weighted by molar-refractivity contribution is 0.104. The van der Waals surface area contributed by atoms with Gasteiger partial charge in [-0.3, -0.25) is 4.31 Å². The molecule has 0 saturated carbocycles. The van der Waals surface area contributed by atoms with Crippen molar-refractivity contribution in [3.05, 3.63) is 71.6 Å². The van der Waals surface area contributed by atoms with Gasteiger partial charge >= 0.3 is 6.16 Å². The van der Waals surface area contributed by atoms with E-state index < -0.39 is 33.9 Å². The summed E-state index contributed by atoms with van der Waals surface area (Å²) in [4.78, 5) is 11.3. The van der Waals surface area contributed by atoms with E-state index in [-0.39, 0.29) is 40.7 Å². The second-order valence-corrected chi connectivity index (χ2v) is 9.14. The molecule has 8 nitrogen and oxygen atoms in total. The van der Waals surface area contributed by atoms with E-state index >= 15 is 0 Å². The quantitative estimate of drug-likeness (QED) is 0.378. The van der Waals surface area contributed by atoms with Crippen LogP contribution < -0.4 is 9.04 Å². The van der Waals surface area contributed by atoms with Gasteiger partial charge in [-0.05, 0) is 49.7 Å². The van der Waals surface area contributed by atoms with Gasteiger partial charge in [-0.15, -0.1) is 0 Å². The van der Waals surface area contributed by atoms with Gasteiger partial charge in [0.25, 0.3) is 10.0 Å². The number of carbonyl (C=O) groups is 1. The third-order valence-electron chi connectivity index (χ3n) is 5.38. The highest BCUT2D eigenvalue weighted by molar-refractivity contribution is 7.92. The topological polar surface area (TPSA) is 102 Å². The van der Waals surface area contributed by atoms with Gasteiger partial charge in [-0.2, -0.15) is 5.26 Å². The molecule has 1 aliphatic rings. The molecule has 0 bridgehead atoms. The molecule has 176 valence electrons. The van der Waals surface area contributed by atoms with Crippen LogP contribution in [0.5, 0.6) is 5.75 Å². The zero-order valence-corrected chi connectivity index (χ0v) is 19.0. The number of ether oxygens (including phenoxy) is 2. The van der Waals surface area contributed by atoms with E-state index in [4.69, 9.17) is 9.47 Å². The SMILES string of the molecule is CCOC(=O)Oc1ccc(S(=O)(=O)N2c3cc(F)c(F)cc3-n3c(C#N)ccc3C2CC)cc1. The minimum atomic E-state index is -4.29. The Bertz CT molecular complexity index is 1410. The predicted octanol–water partition coefficient (Wildman–Crippen LogP) is 4.82. The summed E-state index contributed by atoms with van der Waals surface area (Å²) >= 11 is 0. The average molecular weight is 487 g/mol. The molecular weight excluding hydrogens is 468 g/mol. The molecule has 1 atom stereocenters. The molecule has 0 saturated heterocycles. The Labute approximate surface area is 194 Å². The molecule has 3 aromatic rings. The van der Waals surface area contributed by atoms with Crippen LogP contribution in [0, 0.1) is 23.0 Å². The first-order valence-corrected chi connectivity index (χ1v) is 11.8. The number of nitriles is 1. The maximum absolute atomic E-state index is 14.3. The molecule has 1 unspecified atom stereocenters. The summed E-state index contributed by atoms with van der Waals surface area (Å²) in [7, 11) is -4.29. The van der Waals surface area contributed by atoms with Crippen molar-refractivity contribution < 1.29 is 31.5 Å². The van der Waals surface area contributed by atoms with Crippen LogP contribution in [0.3, 0.4) is 0 Å². The highest BCUT2D eigenvalue weighted by atomic mass is 32.2. The minimum absolute atomic E-state index is 0.0333. The lowest BCUT2D eigenvalue weighted by Gasteiger charge is -2.38. The molecule has 0 radical (unpaired) electrons. The van der Waals surface area contributed by atoms with Crippen molar-refractivity contribution in [3.8, 4) is 17.5 Å². The number of carbonyl (C=O) groups excluding carboxylic acids is 1. The van der Waals surface area contributed by atoms with E-state index in [0.717, 1.165) is 16.4 Å². The Kier molecular flexibility index (Phi) is 6.01. The number of aromatic nitrogens is 1. The van der Waals surface area contributed by atoms with Crippen molar-refractivity contribution in [2.45, 2.75) is 31.2 Å². The van der Waals surface area contributed by atoms with Crippen LogP contribution in [0.4, 0.5) is 19.3 Å². The summed E-state index contributed by atoms with van der Waals surface area (Å²) in [6.07, 6.45) is -0.642. The molecule has 0 spiro atoms. The van der Waals surface area contributed by atoms with Gasteiger partial charge in [0.05, 0.1) is 28.9 Å². The van der Waals surface area contributed by atoms with Crippen molar-refractivity contribution in [2.24, 2.45) is 0 Å². The lowest BCUT2D eigenvalue weighted by atomic mass is 10.1. The Hall–Kier alpha value is -3.91. The van der Waals surface area contributed by atoms with Crippen LogP contribution in [-0.4, -0.2) is 25.7 Å². The Morgan fingerprint density at radius 1 is 1.06 bits per heavy atom. The zero-order valence-electron chi connectivity index (χ0n) is 18.2. The van der Waals surface area contributed by atoms with Gasteiger partial charge in [0.1, 0.15) is 17.5 Å². The second-order valence-electron chi connectivity index (χ2n) is 7.33. The van der Waals surface area contributed by atoms with Crippen molar-refractivity contribution in [1.82, 2.24) is 4.57 Å². The summed E-state index contributed by atoms with van der Waals surface area (Å²) in [5.74, 6) is -2.32. The average Bonchev–Trinajstić information content (AvgIpc) is 3.24. The Balaban J connectivity index is 1.84. The molecule has 11 heteroatoms. The van der Waals surface area contributed by atoms with Gasteiger partial charge in [-0.25, -0.2) is 22.0 Å². The molecule has 0 fully saturated rings. The van der Waals surface area contributed by atoms with E-state index in [1.54, 1.807) is 19.9 Å². The van der Waals surface area contributed by atoms with Crippen molar-refractivity contribution in [2.75, 3.05) is 10.9 Å². The molecular formula is C23H19F2N3O5S. The van der Waals surface area contributed by atoms with Crippen molar-refractivity contribution in [1.29, 1.82) is 5.26 Å². The highest BCUT2D eigenvalue weighted by Crippen LogP contribution is 2.45. The monoisotopic (exact) mass is 487 g/mol. The maximum Gasteiger partial charge on any atom is 0.513 e. The zero-order chi connectivity index (χ0) is 24.6. The molecule has 0 amide bonds. The number of hydrogen-bond donors (Lipinski definition) is 0. The van der Waals surface area contributed by atoms with Crippen LogP contribution in [0.2, 0.25) is 0 Å². The van der Waals surface area contributed by atoms with Crippen molar-refractivity contribution >= 4 is 21.9 Å².